The van der Waals surface area contributed by atoms with Crippen molar-refractivity contribution in [2.24, 2.45) is 16.0 Å². The zero-order valence-corrected chi connectivity index (χ0v) is 20.3. The summed E-state index contributed by atoms with van der Waals surface area (Å²) in [6.07, 6.45) is 8.58. The molecule has 4 heterocycles. The average molecular weight is 482 g/mol. The number of H-pyrrole nitrogens is 1. The molecular formula is C29H31N5O2. The first-order valence-corrected chi connectivity index (χ1v) is 12.9. The Morgan fingerprint density at radius 1 is 1.06 bits per heavy atom. The maximum Gasteiger partial charge on any atom is 0.410 e. The summed E-state index contributed by atoms with van der Waals surface area (Å²) in [7, 11) is 0. The highest BCUT2D eigenvalue weighted by Crippen LogP contribution is 2.41. The number of para-hydroxylation sites is 1. The molecule has 0 spiro atoms. The molecule has 7 nitrogen and oxygen atoms in total. The molecule has 1 aromatic heterocycles. The minimum absolute atomic E-state index is 0.0256. The Morgan fingerprint density at radius 2 is 1.86 bits per heavy atom. The predicted octanol–water partition coefficient (Wildman–Crippen LogP) is 4.52. The zero-order chi connectivity index (χ0) is 24.3. The lowest BCUT2D eigenvalue weighted by molar-refractivity contribution is 0.0797. The average Bonchev–Trinajstić information content (AvgIpc) is 3.31. The van der Waals surface area contributed by atoms with Crippen LogP contribution in [0.3, 0.4) is 0 Å². The van der Waals surface area contributed by atoms with Crippen LogP contribution < -0.4 is 16.0 Å². The number of rotatable bonds is 3. The first-order valence-electron chi connectivity index (χ1n) is 12.9. The number of carbonyl (C=O) groups is 1. The first kappa shape index (κ1) is 22.6. The summed E-state index contributed by atoms with van der Waals surface area (Å²) >= 11 is 0. The molecule has 1 atom stereocenters. The molecular weight excluding hydrogens is 450 g/mol. The van der Waals surface area contributed by atoms with Crippen molar-refractivity contribution in [3.63, 3.8) is 0 Å². The van der Waals surface area contributed by atoms with Crippen molar-refractivity contribution in [3.8, 4) is 0 Å². The van der Waals surface area contributed by atoms with Gasteiger partial charge in [0.25, 0.3) is 0 Å². The maximum atomic E-state index is 12.7. The predicted molar refractivity (Wildman–Crippen MR) is 140 cm³/mol. The highest BCUT2D eigenvalue weighted by atomic mass is 16.6. The van der Waals surface area contributed by atoms with Crippen molar-refractivity contribution in [2.45, 2.75) is 44.8 Å². The van der Waals surface area contributed by atoms with Crippen molar-refractivity contribution >= 4 is 23.7 Å². The Hall–Kier alpha value is -3.87. The molecule has 1 amide bonds. The summed E-state index contributed by atoms with van der Waals surface area (Å²) in [4.78, 5) is 23.3. The molecule has 2 N–H and O–H groups in total. The van der Waals surface area contributed by atoms with Gasteiger partial charge in [-0.25, -0.2) is 4.79 Å². The van der Waals surface area contributed by atoms with Crippen LogP contribution in [0.4, 0.5) is 10.6 Å². The number of likely N-dealkylation sites (tertiary alicyclic amines) is 1. The SMILES string of the molecule is O=C(OCc1ccccc1)N1CCC(C2N=c3ccccc3=C3CCCC=NNc4[nH]cc2c43)CC1. The van der Waals surface area contributed by atoms with Crippen LogP contribution >= 0.6 is 0 Å². The highest BCUT2D eigenvalue weighted by Gasteiger charge is 2.34. The zero-order valence-electron chi connectivity index (χ0n) is 20.3. The molecule has 36 heavy (non-hydrogen) atoms. The van der Waals surface area contributed by atoms with Crippen molar-refractivity contribution in [3.05, 3.63) is 88.1 Å². The topological polar surface area (TPSA) is 82.1 Å². The molecule has 2 aromatic carbocycles. The normalized spacial score (nSPS) is 19.5. The van der Waals surface area contributed by atoms with E-state index in [0.717, 1.165) is 48.8 Å². The molecule has 0 radical (unpaired) electrons. The molecule has 3 aliphatic rings. The van der Waals surface area contributed by atoms with Crippen molar-refractivity contribution in [1.82, 2.24) is 9.88 Å². The van der Waals surface area contributed by atoms with E-state index < -0.39 is 0 Å². The van der Waals surface area contributed by atoms with E-state index in [2.05, 4.69) is 46.0 Å². The standard InChI is InChI=1S/C29H31N5O2/c35-29(36-19-20-8-2-1-3-9-20)34-16-13-21(14-17-34)27-24-18-30-28-26(24)23(11-6-7-15-31-33-28)22-10-4-5-12-25(22)32-27/h1-5,8-10,12,15,18,21,27,30,33H,6-7,11,13-14,16-17,19H2. The molecule has 6 rings (SSSR count). The van der Waals surface area contributed by atoms with Gasteiger partial charge < -0.3 is 14.6 Å². The molecule has 0 aliphatic carbocycles. The number of nitrogens with one attached hydrogen (secondary N) is 2. The molecule has 7 heteroatoms. The number of hydrazone groups is 1. The second-order valence-corrected chi connectivity index (χ2v) is 9.74. The highest BCUT2D eigenvalue weighted by molar-refractivity contribution is 5.79. The van der Waals surface area contributed by atoms with E-state index in [9.17, 15) is 4.79 Å². The number of fused-ring (bicyclic) bond motifs is 1. The number of aromatic nitrogens is 1. The van der Waals surface area contributed by atoms with Gasteiger partial charge in [0.05, 0.1) is 11.4 Å². The lowest BCUT2D eigenvalue weighted by Gasteiger charge is -2.34. The number of benzene rings is 2. The number of amides is 1. The Morgan fingerprint density at radius 3 is 2.72 bits per heavy atom. The van der Waals surface area contributed by atoms with E-state index in [4.69, 9.17) is 9.73 Å². The second kappa shape index (κ2) is 10.0. The lowest BCUT2D eigenvalue weighted by Crippen LogP contribution is -2.40. The van der Waals surface area contributed by atoms with Crippen LogP contribution in [0.5, 0.6) is 0 Å². The molecule has 184 valence electrons. The van der Waals surface area contributed by atoms with Gasteiger partial charge in [0, 0.05) is 41.8 Å². The van der Waals surface area contributed by atoms with Crippen LogP contribution in [0.15, 0.2) is 70.9 Å². The van der Waals surface area contributed by atoms with E-state index in [1.807, 2.05) is 41.4 Å². The van der Waals surface area contributed by atoms with Gasteiger partial charge in [0.1, 0.15) is 12.4 Å². The molecule has 1 saturated heterocycles. The van der Waals surface area contributed by atoms with Gasteiger partial charge in [-0.2, -0.15) is 5.10 Å². The van der Waals surface area contributed by atoms with Gasteiger partial charge >= 0.3 is 6.09 Å². The van der Waals surface area contributed by atoms with Gasteiger partial charge in [-0.1, -0.05) is 48.5 Å². The van der Waals surface area contributed by atoms with E-state index >= 15 is 0 Å². The van der Waals surface area contributed by atoms with Gasteiger partial charge in [0.2, 0.25) is 0 Å². The van der Waals surface area contributed by atoms with Crippen molar-refractivity contribution in [1.29, 1.82) is 0 Å². The Balaban J connectivity index is 1.25. The van der Waals surface area contributed by atoms with E-state index in [-0.39, 0.29) is 12.1 Å². The monoisotopic (exact) mass is 481 g/mol. The number of aromatic amines is 1. The minimum atomic E-state index is -0.235. The van der Waals surface area contributed by atoms with E-state index in [1.165, 1.54) is 21.9 Å². The lowest BCUT2D eigenvalue weighted by atomic mass is 9.84. The van der Waals surface area contributed by atoms with Crippen LogP contribution in [-0.2, 0) is 11.3 Å². The number of hydrogen-bond acceptors (Lipinski definition) is 5. The summed E-state index contributed by atoms with van der Waals surface area (Å²) in [6.45, 7) is 1.66. The molecule has 1 fully saturated rings. The third-order valence-corrected chi connectivity index (χ3v) is 7.52. The van der Waals surface area contributed by atoms with Crippen LogP contribution in [-0.4, -0.2) is 35.3 Å². The maximum absolute atomic E-state index is 12.7. The van der Waals surface area contributed by atoms with Crippen LogP contribution in [0.2, 0.25) is 0 Å². The first-order chi connectivity index (χ1) is 17.8. The van der Waals surface area contributed by atoms with Crippen LogP contribution in [0, 0.1) is 5.92 Å². The Bertz CT molecular complexity index is 1390. The summed E-state index contributed by atoms with van der Waals surface area (Å²) in [5, 5.41) is 6.70. The fourth-order valence-electron chi connectivity index (χ4n) is 5.65. The fourth-order valence-corrected chi connectivity index (χ4v) is 5.65. The number of nitrogens with zero attached hydrogens (tertiary/aromatic N) is 3. The van der Waals surface area contributed by atoms with Crippen molar-refractivity contribution in [2.75, 3.05) is 18.5 Å². The van der Waals surface area contributed by atoms with Gasteiger partial charge in [-0.05, 0) is 55.2 Å². The smallest absolute Gasteiger partial charge is 0.410 e. The molecule has 1 unspecified atom stereocenters. The molecule has 0 bridgehead atoms. The number of hydrogen-bond donors (Lipinski definition) is 2. The Kier molecular flexibility index (Phi) is 6.28. The quantitative estimate of drug-likeness (QED) is 0.577. The van der Waals surface area contributed by atoms with Crippen LogP contribution in [0.1, 0.15) is 54.8 Å². The van der Waals surface area contributed by atoms with Crippen LogP contribution in [0.25, 0.3) is 5.57 Å². The largest absolute Gasteiger partial charge is 0.445 e. The fraction of sp³-hybridized carbons (Fsp3) is 0.345. The second-order valence-electron chi connectivity index (χ2n) is 9.74. The Labute approximate surface area is 210 Å². The summed E-state index contributed by atoms with van der Waals surface area (Å²) in [5.74, 6) is 1.28. The summed E-state index contributed by atoms with van der Waals surface area (Å²) in [6, 6.07) is 18.4. The summed E-state index contributed by atoms with van der Waals surface area (Å²) in [5.41, 5.74) is 8.02. The van der Waals surface area contributed by atoms with E-state index in [1.54, 1.807) is 0 Å². The number of anilines is 1. The third kappa shape index (κ3) is 4.41. The molecule has 3 aromatic rings. The minimum Gasteiger partial charge on any atom is -0.445 e. The number of carbonyl (C=O) groups excluding carboxylic acids is 1. The molecule has 0 saturated carbocycles. The number of ether oxygens (including phenoxy) is 1. The van der Waals surface area contributed by atoms with Gasteiger partial charge in [0.15, 0.2) is 0 Å². The van der Waals surface area contributed by atoms with E-state index in [0.29, 0.717) is 25.6 Å². The third-order valence-electron chi connectivity index (χ3n) is 7.52. The van der Waals surface area contributed by atoms with Crippen molar-refractivity contribution < 1.29 is 9.53 Å². The van der Waals surface area contributed by atoms with Gasteiger partial charge in [-0.3, -0.25) is 10.4 Å². The molecule has 3 aliphatic heterocycles. The number of piperidine rings is 1. The summed E-state index contributed by atoms with van der Waals surface area (Å²) < 4.78 is 5.58. The van der Waals surface area contributed by atoms with Gasteiger partial charge in [-0.15, -0.1) is 0 Å².